The molecule has 0 radical (unpaired) electrons. The van der Waals surface area contributed by atoms with Gasteiger partial charge in [-0.15, -0.1) is 5.10 Å². The predicted octanol–water partition coefficient (Wildman–Crippen LogP) is 5.15. The molecule has 5 rings (SSSR count). The van der Waals surface area contributed by atoms with Gasteiger partial charge in [0, 0.05) is 22.9 Å². The minimum absolute atomic E-state index is 0.593. The fourth-order valence-corrected chi connectivity index (χ4v) is 3.48. The number of rotatable bonds is 5. The lowest BCUT2D eigenvalue weighted by Crippen LogP contribution is -2.01. The van der Waals surface area contributed by atoms with Gasteiger partial charge >= 0.3 is 0 Å². The van der Waals surface area contributed by atoms with Gasteiger partial charge in [-0.05, 0) is 19.1 Å². The van der Waals surface area contributed by atoms with E-state index in [0.717, 1.165) is 33.8 Å². The molecule has 146 valence electrons. The Morgan fingerprint density at radius 3 is 2.17 bits per heavy atom. The summed E-state index contributed by atoms with van der Waals surface area (Å²) in [5.74, 6) is 0. The van der Waals surface area contributed by atoms with Gasteiger partial charge < -0.3 is 0 Å². The summed E-state index contributed by atoms with van der Waals surface area (Å²) in [6, 6.07) is 28.7. The molecule has 0 atom stereocenters. The summed E-state index contributed by atoms with van der Waals surface area (Å²) in [5, 5.41) is 13.6. The minimum Gasteiger partial charge on any atom is -0.247 e. The average Bonchev–Trinajstić information content (AvgIpc) is 3.43. The van der Waals surface area contributed by atoms with Gasteiger partial charge in [0.25, 0.3) is 0 Å². The maximum atomic E-state index is 4.88. The van der Waals surface area contributed by atoms with E-state index < -0.39 is 0 Å². The van der Waals surface area contributed by atoms with Crippen molar-refractivity contribution >= 4 is 0 Å². The van der Waals surface area contributed by atoms with Crippen LogP contribution in [0.1, 0.15) is 11.1 Å². The lowest BCUT2D eigenvalue weighted by Gasteiger charge is -2.02. The molecule has 5 nitrogen and oxygen atoms in total. The van der Waals surface area contributed by atoms with Crippen LogP contribution < -0.4 is 0 Å². The molecule has 0 spiro atoms. The quantitative estimate of drug-likeness (QED) is 0.416. The smallest absolute Gasteiger partial charge is 0.113 e. The van der Waals surface area contributed by atoms with Crippen molar-refractivity contribution < 1.29 is 0 Å². The number of hydrogen-bond donors (Lipinski definition) is 0. The molecule has 5 heteroatoms. The Bertz CT molecular complexity index is 1250. The molecule has 0 bridgehead atoms. The first-order valence-corrected chi connectivity index (χ1v) is 9.93. The van der Waals surface area contributed by atoms with E-state index in [9.17, 15) is 0 Å². The van der Waals surface area contributed by atoms with E-state index in [2.05, 4.69) is 72.0 Å². The topological polar surface area (TPSA) is 48.5 Å². The minimum atomic E-state index is 0.593. The Hall–Kier alpha value is -3.99. The van der Waals surface area contributed by atoms with Crippen molar-refractivity contribution in [2.45, 2.75) is 13.5 Å². The molecule has 0 aliphatic rings. The Balaban J connectivity index is 1.51. The lowest BCUT2D eigenvalue weighted by atomic mass is 10.1. The molecule has 0 saturated heterocycles. The molecule has 0 N–H and O–H groups in total. The van der Waals surface area contributed by atoms with Crippen molar-refractivity contribution in [1.82, 2.24) is 24.8 Å². The molecule has 0 saturated carbocycles. The van der Waals surface area contributed by atoms with E-state index in [1.165, 1.54) is 5.56 Å². The van der Waals surface area contributed by atoms with E-state index in [0.29, 0.717) is 6.54 Å². The highest BCUT2D eigenvalue weighted by Crippen LogP contribution is 2.25. The Morgan fingerprint density at radius 1 is 0.733 bits per heavy atom. The normalized spacial score (nSPS) is 11.0. The van der Waals surface area contributed by atoms with E-state index >= 15 is 0 Å². The van der Waals surface area contributed by atoms with Gasteiger partial charge in [-0.2, -0.15) is 5.10 Å². The molecular weight excluding hydrogens is 370 g/mol. The first kappa shape index (κ1) is 18.1. The third-order valence-corrected chi connectivity index (χ3v) is 5.08. The highest BCUT2D eigenvalue weighted by molar-refractivity contribution is 5.63. The van der Waals surface area contributed by atoms with Crippen LogP contribution in [0.2, 0.25) is 0 Å². The van der Waals surface area contributed by atoms with Crippen LogP contribution in [0.5, 0.6) is 0 Å². The fourth-order valence-electron chi connectivity index (χ4n) is 3.48. The van der Waals surface area contributed by atoms with Crippen molar-refractivity contribution in [2.75, 3.05) is 0 Å². The fraction of sp³-hybridized carbons (Fsp3) is 0.0800. The lowest BCUT2D eigenvalue weighted by molar-refractivity contribution is 0.650. The zero-order chi connectivity index (χ0) is 20.3. The van der Waals surface area contributed by atoms with Crippen LogP contribution in [0.3, 0.4) is 0 Å². The van der Waals surface area contributed by atoms with E-state index in [-0.39, 0.29) is 0 Å². The van der Waals surface area contributed by atoms with Crippen LogP contribution in [-0.4, -0.2) is 24.8 Å². The van der Waals surface area contributed by atoms with Crippen molar-refractivity contribution in [2.24, 2.45) is 0 Å². The summed E-state index contributed by atoms with van der Waals surface area (Å²) < 4.78 is 3.80. The van der Waals surface area contributed by atoms with Gasteiger partial charge in [0.05, 0.1) is 24.1 Å². The van der Waals surface area contributed by atoms with Crippen LogP contribution in [0.15, 0.2) is 97.3 Å². The third-order valence-electron chi connectivity index (χ3n) is 5.08. The van der Waals surface area contributed by atoms with Crippen LogP contribution in [0.4, 0.5) is 0 Å². The molecule has 0 aliphatic carbocycles. The standard InChI is InChI=1S/C25H21N5/c1-19-12-14-20(15-13-19)24-18-29(28-26-24)16-22-17-30(23-10-6-3-7-11-23)27-25(22)21-8-4-2-5-9-21/h2-15,17-18H,16H2,1H3. The van der Waals surface area contributed by atoms with E-state index in [1.807, 2.05) is 52.0 Å². The number of aromatic nitrogens is 5. The van der Waals surface area contributed by atoms with Crippen molar-refractivity contribution in [3.63, 3.8) is 0 Å². The zero-order valence-electron chi connectivity index (χ0n) is 16.7. The molecule has 0 amide bonds. The van der Waals surface area contributed by atoms with Gasteiger partial charge in [0.15, 0.2) is 0 Å². The summed E-state index contributed by atoms with van der Waals surface area (Å²) in [7, 11) is 0. The van der Waals surface area contributed by atoms with Crippen LogP contribution in [-0.2, 0) is 6.54 Å². The van der Waals surface area contributed by atoms with Crippen molar-refractivity contribution in [1.29, 1.82) is 0 Å². The second-order valence-electron chi connectivity index (χ2n) is 7.32. The summed E-state index contributed by atoms with van der Waals surface area (Å²) in [6.45, 7) is 2.67. The zero-order valence-corrected chi connectivity index (χ0v) is 16.7. The van der Waals surface area contributed by atoms with E-state index in [1.54, 1.807) is 0 Å². The maximum Gasteiger partial charge on any atom is 0.113 e. The predicted molar refractivity (Wildman–Crippen MR) is 118 cm³/mol. The summed E-state index contributed by atoms with van der Waals surface area (Å²) >= 11 is 0. The molecule has 5 aromatic rings. The van der Waals surface area contributed by atoms with Gasteiger partial charge in [0.2, 0.25) is 0 Å². The monoisotopic (exact) mass is 391 g/mol. The summed E-state index contributed by atoms with van der Waals surface area (Å²) in [6.07, 6.45) is 4.06. The molecule has 0 unspecified atom stereocenters. The largest absolute Gasteiger partial charge is 0.247 e. The number of hydrogen-bond acceptors (Lipinski definition) is 3. The number of aryl methyl sites for hydroxylation is 1. The van der Waals surface area contributed by atoms with Gasteiger partial charge in [-0.25, -0.2) is 9.36 Å². The average molecular weight is 391 g/mol. The molecular formula is C25H21N5. The number of benzene rings is 3. The summed E-state index contributed by atoms with van der Waals surface area (Å²) in [4.78, 5) is 0. The van der Waals surface area contributed by atoms with Crippen LogP contribution >= 0.6 is 0 Å². The highest BCUT2D eigenvalue weighted by atomic mass is 15.4. The van der Waals surface area contributed by atoms with Gasteiger partial charge in [-0.1, -0.05) is 83.6 Å². The number of nitrogens with zero attached hydrogens (tertiary/aromatic N) is 5. The Labute approximate surface area is 175 Å². The Morgan fingerprint density at radius 2 is 1.43 bits per heavy atom. The molecule has 0 aliphatic heterocycles. The number of para-hydroxylation sites is 1. The van der Waals surface area contributed by atoms with Crippen molar-refractivity contribution in [3.8, 4) is 28.2 Å². The highest BCUT2D eigenvalue weighted by Gasteiger charge is 2.14. The molecule has 2 aromatic heterocycles. The summed E-state index contributed by atoms with van der Waals surface area (Å²) in [5.41, 5.74) is 7.31. The first-order valence-electron chi connectivity index (χ1n) is 9.93. The van der Waals surface area contributed by atoms with Crippen molar-refractivity contribution in [3.05, 3.63) is 108 Å². The van der Waals surface area contributed by atoms with Gasteiger partial charge in [0.1, 0.15) is 5.69 Å². The third kappa shape index (κ3) is 3.65. The second-order valence-corrected chi connectivity index (χ2v) is 7.32. The maximum absolute atomic E-state index is 4.88. The Kier molecular flexibility index (Phi) is 4.69. The van der Waals surface area contributed by atoms with Crippen LogP contribution in [0.25, 0.3) is 28.2 Å². The first-order chi connectivity index (χ1) is 14.8. The molecule has 0 fully saturated rings. The SMILES string of the molecule is Cc1ccc(-c2cn(Cc3cn(-c4ccccc4)nc3-c3ccccc3)nn2)cc1. The van der Waals surface area contributed by atoms with E-state index in [4.69, 9.17) is 5.10 Å². The molecule has 2 heterocycles. The molecule has 30 heavy (non-hydrogen) atoms. The molecule has 3 aromatic carbocycles. The van der Waals surface area contributed by atoms with Crippen LogP contribution in [0, 0.1) is 6.92 Å². The second kappa shape index (κ2) is 7.79. The van der Waals surface area contributed by atoms with Gasteiger partial charge in [-0.3, -0.25) is 0 Å².